The summed E-state index contributed by atoms with van der Waals surface area (Å²) in [5, 5.41) is 5.48. The molecular weight excluding hydrogens is 533 g/mol. The van der Waals surface area contributed by atoms with Crippen LogP contribution in [0.5, 0.6) is 0 Å². The minimum absolute atomic E-state index is 0. The summed E-state index contributed by atoms with van der Waals surface area (Å²) in [5.41, 5.74) is 0.292. The smallest absolute Gasteiger partial charge is 0.262 e. The summed E-state index contributed by atoms with van der Waals surface area (Å²) in [4.78, 5) is 54.7. The lowest BCUT2D eigenvalue weighted by Gasteiger charge is -2.36. The fourth-order valence-corrected chi connectivity index (χ4v) is 5.47. The van der Waals surface area contributed by atoms with E-state index in [4.69, 9.17) is 9.47 Å². The zero-order chi connectivity index (χ0) is 26.6. The number of piperazine rings is 1. The molecule has 4 heterocycles. The Morgan fingerprint density at radius 3 is 2.28 bits per heavy atom. The number of amides is 4. The maximum absolute atomic E-state index is 15.1. The van der Waals surface area contributed by atoms with Crippen molar-refractivity contribution in [2.45, 2.75) is 37.8 Å². The fraction of sp³-hybridized carbons (Fsp3) is 0.615. The van der Waals surface area contributed by atoms with E-state index in [9.17, 15) is 19.2 Å². The van der Waals surface area contributed by atoms with Crippen LogP contribution in [0.2, 0.25) is 0 Å². The van der Waals surface area contributed by atoms with Crippen LogP contribution < -0.4 is 15.5 Å². The Labute approximate surface area is 232 Å². The second-order valence-electron chi connectivity index (χ2n) is 10.1. The van der Waals surface area contributed by atoms with E-state index in [-0.39, 0.29) is 42.1 Å². The third-order valence-electron chi connectivity index (χ3n) is 7.64. The summed E-state index contributed by atoms with van der Waals surface area (Å²) in [6, 6.07) is 1.43. The predicted octanol–water partition coefficient (Wildman–Crippen LogP) is 0.556. The predicted molar refractivity (Wildman–Crippen MR) is 142 cm³/mol. The summed E-state index contributed by atoms with van der Waals surface area (Å²) in [6.45, 7) is 7.06. The van der Waals surface area contributed by atoms with Gasteiger partial charge in [-0.3, -0.25) is 34.3 Å². The molecule has 0 bridgehead atoms. The largest absolute Gasteiger partial charge is 0.378 e. The van der Waals surface area contributed by atoms with E-state index in [0.29, 0.717) is 52.1 Å². The molecule has 4 aliphatic rings. The monoisotopic (exact) mass is 567 g/mol. The molecule has 1 atom stereocenters. The van der Waals surface area contributed by atoms with E-state index >= 15 is 4.39 Å². The van der Waals surface area contributed by atoms with Gasteiger partial charge in [-0.2, -0.15) is 0 Å². The topological polar surface area (TPSA) is 121 Å². The van der Waals surface area contributed by atoms with Gasteiger partial charge in [-0.1, -0.05) is 0 Å². The number of anilines is 1. The molecule has 1 unspecified atom stereocenters. The quantitative estimate of drug-likeness (QED) is 0.326. The number of imide groups is 2. The molecule has 2 N–H and O–H groups in total. The normalized spacial score (nSPS) is 22.6. The van der Waals surface area contributed by atoms with Crippen LogP contribution in [0.15, 0.2) is 12.1 Å². The fourth-order valence-electron chi connectivity index (χ4n) is 5.47. The Morgan fingerprint density at radius 1 is 0.897 bits per heavy atom. The highest BCUT2D eigenvalue weighted by molar-refractivity contribution is 6.23. The standard InChI is InChI=1S/C26H34FN5O6.ClH/c27-20-15-18-19(26(36)32(25(18)35)21-1-2-23(33)29-24(21)34)16-22(20)31-9-7-30(8-10-31)11-12-37-13-14-38-17-3-5-28-6-4-17;/h15-17,21,28H,1-14H2,(H,29,33,34);1H. The van der Waals surface area contributed by atoms with E-state index in [1.165, 1.54) is 6.07 Å². The van der Waals surface area contributed by atoms with Crippen molar-refractivity contribution >= 4 is 41.7 Å². The number of nitrogens with one attached hydrogen (secondary N) is 2. The average Bonchev–Trinajstić information content (AvgIpc) is 3.15. The van der Waals surface area contributed by atoms with Gasteiger partial charge in [0.25, 0.3) is 11.8 Å². The van der Waals surface area contributed by atoms with Gasteiger partial charge in [0.2, 0.25) is 11.8 Å². The van der Waals surface area contributed by atoms with Crippen molar-refractivity contribution in [3.05, 3.63) is 29.1 Å². The summed E-state index contributed by atoms with van der Waals surface area (Å²) in [7, 11) is 0. The molecule has 11 nitrogen and oxygen atoms in total. The highest BCUT2D eigenvalue weighted by Gasteiger charge is 2.45. The molecule has 1 aromatic carbocycles. The lowest BCUT2D eigenvalue weighted by Crippen LogP contribution is -2.54. The van der Waals surface area contributed by atoms with Crippen molar-refractivity contribution in [2.75, 3.05) is 70.5 Å². The first-order valence-electron chi connectivity index (χ1n) is 13.3. The van der Waals surface area contributed by atoms with Gasteiger partial charge in [-0.25, -0.2) is 4.39 Å². The number of carbonyl (C=O) groups excluding carboxylic acids is 4. The highest BCUT2D eigenvalue weighted by atomic mass is 35.5. The molecule has 0 spiro atoms. The van der Waals surface area contributed by atoms with Crippen molar-refractivity contribution in [3.8, 4) is 0 Å². The summed E-state index contributed by atoms with van der Waals surface area (Å²) in [6.07, 6.45) is 2.49. The van der Waals surface area contributed by atoms with E-state index in [1.54, 1.807) is 0 Å². The first kappa shape index (κ1) is 29.3. The number of carbonyl (C=O) groups is 4. The number of halogens is 2. The van der Waals surface area contributed by atoms with Crippen molar-refractivity contribution in [1.82, 2.24) is 20.4 Å². The average molecular weight is 568 g/mol. The van der Waals surface area contributed by atoms with E-state index in [0.717, 1.165) is 43.4 Å². The van der Waals surface area contributed by atoms with Crippen molar-refractivity contribution in [2.24, 2.45) is 0 Å². The molecule has 0 aliphatic carbocycles. The molecule has 39 heavy (non-hydrogen) atoms. The van der Waals surface area contributed by atoms with Gasteiger partial charge in [0.05, 0.1) is 42.7 Å². The maximum Gasteiger partial charge on any atom is 0.262 e. The van der Waals surface area contributed by atoms with Crippen LogP contribution in [0.25, 0.3) is 0 Å². The summed E-state index contributed by atoms with van der Waals surface area (Å²) in [5.74, 6) is -3.06. The van der Waals surface area contributed by atoms with Gasteiger partial charge >= 0.3 is 0 Å². The van der Waals surface area contributed by atoms with Crippen molar-refractivity contribution < 1.29 is 33.0 Å². The van der Waals surface area contributed by atoms with Gasteiger partial charge in [0, 0.05) is 39.1 Å². The zero-order valence-electron chi connectivity index (χ0n) is 21.8. The highest BCUT2D eigenvalue weighted by Crippen LogP contribution is 2.33. The number of fused-ring (bicyclic) bond motifs is 1. The molecule has 3 fully saturated rings. The van der Waals surface area contributed by atoms with Crippen LogP contribution in [-0.4, -0.2) is 111 Å². The number of benzene rings is 1. The summed E-state index contributed by atoms with van der Waals surface area (Å²) >= 11 is 0. The Hall–Kier alpha value is -2.64. The van der Waals surface area contributed by atoms with Gasteiger partial charge in [-0.05, 0) is 44.5 Å². The lowest BCUT2D eigenvalue weighted by atomic mass is 10.0. The maximum atomic E-state index is 15.1. The molecule has 0 aromatic heterocycles. The first-order valence-corrected chi connectivity index (χ1v) is 13.3. The number of hydrogen-bond acceptors (Lipinski definition) is 9. The third-order valence-corrected chi connectivity index (χ3v) is 7.64. The number of ether oxygens (including phenoxy) is 2. The van der Waals surface area contributed by atoms with E-state index in [1.807, 2.05) is 4.90 Å². The van der Waals surface area contributed by atoms with Crippen LogP contribution in [-0.2, 0) is 19.1 Å². The molecule has 3 saturated heterocycles. The Kier molecular flexibility index (Phi) is 9.89. The number of nitrogens with zero attached hydrogens (tertiary/aromatic N) is 3. The molecule has 4 amide bonds. The molecule has 214 valence electrons. The zero-order valence-corrected chi connectivity index (χ0v) is 22.6. The summed E-state index contributed by atoms with van der Waals surface area (Å²) < 4.78 is 26.7. The Balaban J connectivity index is 0.00000353. The lowest BCUT2D eigenvalue weighted by molar-refractivity contribution is -0.136. The van der Waals surface area contributed by atoms with Crippen LogP contribution in [0.1, 0.15) is 46.4 Å². The van der Waals surface area contributed by atoms with Crippen LogP contribution in [0, 0.1) is 5.82 Å². The Morgan fingerprint density at radius 2 is 1.59 bits per heavy atom. The Bertz CT molecular complexity index is 1090. The molecular formula is C26H35ClFN5O6. The van der Waals surface area contributed by atoms with Gasteiger partial charge in [0.1, 0.15) is 11.9 Å². The van der Waals surface area contributed by atoms with E-state index < -0.39 is 35.5 Å². The number of piperidine rings is 2. The van der Waals surface area contributed by atoms with Crippen LogP contribution >= 0.6 is 12.4 Å². The molecule has 5 rings (SSSR count). The molecule has 13 heteroatoms. The third kappa shape index (κ3) is 6.58. The second kappa shape index (κ2) is 13.1. The van der Waals surface area contributed by atoms with Gasteiger partial charge in [-0.15, -0.1) is 12.4 Å². The number of hydrogen-bond donors (Lipinski definition) is 2. The van der Waals surface area contributed by atoms with E-state index in [2.05, 4.69) is 15.5 Å². The SMILES string of the molecule is Cl.O=C1CCC(N2C(=O)c3cc(F)c(N4CCN(CCOCCOC5CCNCC5)CC4)cc3C2=O)C(=O)N1. The first-order chi connectivity index (χ1) is 18.4. The molecule has 0 saturated carbocycles. The molecule has 1 aromatic rings. The van der Waals surface area contributed by atoms with Gasteiger partial charge in [0.15, 0.2) is 0 Å². The van der Waals surface area contributed by atoms with Crippen molar-refractivity contribution in [3.63, 3.8) is 0 Å². The van der Waals surface area contributed by atoms with Gasteiger partial charge < -0.3 is 19.7 Å². The molecule has 0 radical (unpaired) electrons. The van der Waals surface area contributed by atoms with Crippen molar-refractivity contribution in [1.29, 1.82) is 0 Å². The second-order valence-corrected chi connectivity index (χ2v) is 10.1. The minimum atomic E-state index is -1.08. The minimum Gasteiger partial charge on any atom is -0.378 e. The molecule has 4 aliphatic heterocycles. The van der Waals surface area contributed by atoms with Crippen LogP contribution in [0.3, 0.4) is 0 Å². The van der Waals surface area contributed by atoms with Crippen LogP contribution in [0.4, 0.5) is 10.1 Å². The number of rotatable bonds is 9.